The fourth-order valence-electron chi connectivity index (χ4n) is 1.45. The van der Waals surface area contributed by atoms with Crippen LogP contribution >= 0.6 is 27.3 Å². The molecule has 4 nitrogen and oxygen atoms in total. The fraction of sp³-hybridized carbons (Fsp3) is 0.231. The number of anilines is 2. The van der Waals surface area contributed by atoms with Crippen molar-refractivity contribution >= 4 is 44.0 Å². The van der Waals surface area contributed by atoms with E-state index in [0.717, 1.165) is 5.69 Å². The van der Waals surface area contributed by atoms with Gasteiger partial charge in [0.2, 0.25) is 0 Å². The van der Waals surface area contributed by atoms with Crippen molar-refractivity contribution in [3.8, 4) is 0 Å². The maximum Gasteiger partial charge on any atom is 0.257 e. The topological polar surface area (TPSA) is 68.0 Å². The lowest BCUT2D eigenvalue weighted by molar-refractivity contribution is 0.102. The summed E-state index contributed by atoms with van der Waals surface area (Å²) in [5.74, 6) is 0.165. The molecule has 1 aromatic carbocycles. The molecular weight excluding hydrogens is 326 g/mol. The number of nitrogens with one attached hydrogen (secondary N) is 1. The van der Waals surface area contributed by atoms with E-state index in [2.05, 4.69) is 40.1 Å². The average molecular weight is 340 g/mol. The molecule has 0 radical (unpaired) electrons. The molecule has 6 heteroatoms. The van der Waals surface area contributed by atoms with E-state index in [4.69, 9.17) is 5.73 Å². The highest BCUT2D eigenvalue weighted by atomic mass is 79.9. The summed E-state index contributed by atoms with van der Waals surface area (Å²) in [6, 6.07) is 5.08. The number of amides is 1. The Kier molecular flexibility index (Phi) is 4.21. The summed E-state index contributed by atoms with van der Waals surface area (Å²) >= 11 is 4.73. The van der Waals surface area contributed by atoms with Gasteiger partial charge in [-0.05, 0) is 40.0 Å². The second kappa shape index (κ2) is 5.71. The molecule has 0 aliphatic rings. The predicted molar refractivity (Wildman–Crippen MR) is 82.7 cm³/mol. The zero-order valence-electron chi connectivity index (χ0n) is 10.6. The fourth-order valence-corrected chi connectivity index (χ4v) is 2.69. The van der Waals surface area contributed by atoms with E-state index in [1.165, 1.54) is 11.3 Å². The summed E-state index contributed by atoms with van der Waals surface area (Å²) < 4.78 is 0.710. The van der Waals surface area contributed by atoms with Crippen LogP contribution in [0.3, 0.4) is 0 Å². The smallest absolute Gasteiger partial charge is 0.257 e. The number of benzene rings is 1. The number of aromatic nitrogens is 1. The van der Waals surface area contributed by atoms with E-state index >= 15 is 0 Å². The summed E-state index contributed by atoms with van der Waals surface area (Å²) in [6.45, 7) is 4.13. The van der Waals surface area contributed by atoms with E-state index in [1.54, 1.807) is 18.2 Å². The Bertz CT molecular complexity index is 610. The molecular formula is C13H14BrN3OS. The van der Waals surface area contributed by atoms with Crippen LogP contribution in [-0.2, 0) is 0 Å². The molecule has 3 N–H and O–H groups in total. The Balaban J connectivity index is 2.13. The highest BCUT2D eigenvalue weighted by Crippen LogP contribution is 2.23. The van der Waals surface area contributed by atoms with Gasteiger partial charge in [-0.15, -0.1) is 11.3 Å². The van der Waals surface area contributed by atoms with Crippen molar-refractivity contribution in [2.24, 2.45) is 0 Å². The van der Waals surface area contributed by atoms with Crippen molar-refractivity contribution in [3.05, 3.63) is 39.3 Å². The largest absolute Gasteiger partial charge is 0.398 e. The number of halogens is 1. The van der Waals surface area contributed by atoms with Gasteiger partial charge >= 0.3 is 0 Å². The molecule has 1 aromatic heterocycles. The van der Waals surface area contributed by atoms with Gasteiger partial charge in [-0.1, -0.05) is 13.8 Å². The van der Waals surface area contributed by atoms with Crippen LogP contribution in [-0.4, -0.2) is 10.9 Å². The minimum Gasteiger partial charge on any atom is -0.398 e. The Labute approximate surface area is 124 Å². The van der Waals surface area contributed by atoms with Crippen molar-refractivity contribution in [2.75, 3.05) is 11.1 Å². The van der Waals surface area contributed by atoms with Crippen LogP contribution in [0.4, 0.5) is 10.8 Å². The van der Waals surface area contributed by atoms with Crippen molar-refractivity contribution in [2.45, 2.75) is 19.8 Å². The van der Waals surface area contributed by atoms with Crippen molar-refractivity contribution < 1.29 is 4.79 Å². The van der Waals surface area contributed by atoms with Crippen molar-refractivity contribution in [3.63, 3.8) is 0 Å². The number of rotatable bonds is 3. The lowest BCUT2D eigenvalue weighted by Crippen LogP contribution is -2.12. The highest BCUT2D eigenvalue weighted by molar-refractivity contribution is 9.10. The summed E-state index contributed by atoms with van der Waals surface area (Å²) in [5.41, 5.74) is 7.82. The minimum atomic E-state index is -0.189. The number of nitrogen functional groups attached to an aromatic ring is 1. The molecule has 19 heavy (non-hydrogen) atoms. The first-order chi connectivity index (χ1) is 8.97. The summed E-state index contributed by atoms with van der Waals surface area (Å²) in [4.78, 5) is 16.4. The summed E-state index contributed by atoms with van der Waals surface area (Å²) in [5, 5.41) is 5.36. The molecule has 2 aromatic rings. The number of carbonyl (C=O) groups excluding carboxylic acids is 1. The first-order valence-electron chi connectivity index (χ1n) is 5.79. The molecule has 0 saturated carbocycles. The first-order valence-corrected chi connectivity index (χ1v) is 7.46. The summed E-state index contributed by atoms with van der Waals surface area (Å²) in [6.07, 6.45) is 0. The molecule has 0 spiro atoms. The van der Waals surface area contributed by atoms with Gasteiger partial charge < -0.3 is 5.73 Å². The van der Waals surface area contributed by atoms with Gasteiger partial charge in [0.25, 0.3) is 5.91 Å². The monoisotopic (exact) mass is 339 g/mol. The van der Waals surface area contributed by atoms with Crippen molar-refractivity contribution in [1.29, 1.82) is 0 Å². The molecule has 0 saturated heterocycles. The molecule has 0 unspecified atom stereocenters. The van der Waals surface area contributed by atoms with Gasteiger partial charge in [0.1, 0.15) is 0 Å². The van der Waals surface area contributed by atoms with Gasteiger partial charge in [0.05, 0.1) is 5.69 Å². The molecule has 0 aliphatic heterocycles. The minimum absolute atomic E-state index is 0.189. The van der Waals surface area contributed by atoms with Gasteiger partial charge in [0, 0.05) is 21.1 Å². The van der Waals surface area contributed by atoms with E-state index < -0.39 is 0 Å². The first kappa shape index (κ1) is 14.0. The number of hydrogen-bond donors (Lipinski definition) is 2. The molecule has 1 amide bonds. The third-order valence-electron chi connectivity index (χ3n) is 2.60. The third kappa shape index (κ3) is 3.33. The third-order valence-corrected chi connectivity index (χ3v) is 4.06. The number of nitrogens with zero attached hydrogens (tertiary/aromatic N) is 1. The maximum absolute atomic E-state index is 12.1. The van der Waals surface area contributed by atoms with E-state index in [0.29, 0.717) is 26.8 Å². The van der Waals surface area contributed by atoms with E-state index in [-0.39, 0.29) is 5.91 Å². The Hall–Kier alpha value is -1.40. The lowest BCUT2D eigenvalue weighted by Gasteiger charge is -2.04. The quantitative estimate of drug-likeness (QED) is 0.834. The standard InChI is InChI=1S/C13H14BrN3OS/c1-7(2)11-6-19-13(16-11)17-12(18)8-3-4-10(15)9(14)5-8/h3-7H,15H2,1-2H3,(H,16,17,18). The number of thiazole rings is 1. The lowest BCUT2D eigenvalue weighted by atomic mass is 10.2. The number of carbonyl (C=O) groups is 1. The normalized spacial score (nSPS) is 10.7. The van der Waals surface area contributed by atoms with Crippen LogP contribution in [0.1, 0.15) is 35.8 Å². The van der Waals surface area contributed by atoms with Crippen LogP contribution in [0.25, 0.3) is 0 Å². The molecule has 2 rings (SSSR count). The van der Waals surface area contributed by atoms with Crippen LogP contribution in [0.15, 0.2) is 28.1 Å². The van der Waals surface area contributed by atoms with Gasteiger partial charge in [-0.3, -0.25) is 10.1 Å². The number of hydrogen-bond acceptors (Lipinski definition) is 4. The van der Waals surface area contributed by atoms with Crippen LogP contribution in [0.2, 0.25) is 0 Å². The maximum atomic E-state index is 12.1. The Morgan fingerprint density at radius 1 is 1.47 bits per heavy atom. The van der Waals surface area contributed by atoms with Gasteiger partial charge in [0.15, 0.2) is 5.13 Å². The van der Waals surface area contributed by atoms with E-state index in [9.17, 15) is 4.79 Å². The van der Waals surface area contributed by atoms with Gasteiger partial charge in [-0.2, -0.15) is 0 Å². The highest BCUT2D eigenvalue weighted by Gasteiger charge is 2.11. The zero-order chi connectivity index (χ0) is 14.0. The van der Waals surface area contributed by atoms with Crippen LogP contribution in [0.5, 0.6) is 0 Å². The molecule has 0 atom stereocenters. The predicted octanol–water partition coefficient (Wildman–Crippen LogP) is 3.86. The van der Waals surface area contributed by atoms with Gasteiger partial charge in [-0.25, -0.2) is 4.98 Å². The van der Waals surface area contributed by atoms with Crippen molar-refractivity contribution in [1.82, 2.24) is 4.98 Å². The Morgan fingerprint density at radius 3 is 2.79 bits per heavy atom. The zero-order valence-corrected chi connectivity index (χ0v) is 13.0. The molecule has 0 bridgehead atoms. The molecule has 1 heterocycles. The Morgan fingerprint density at radius 2 is 2.21 bits per heavy atom. The molecule has 0 aliphatic carbocycles. The molecule has 0 fully saturated rings. The SMILES string of the molecule is CC(C)c1csc(NC(=O)c2ccc(N)c(Br)c2)n1. The van der Waals surface area contributed by atoms with Crippen LogP contribution < -0.4 is 11.1 Å². The second-order valence-electron chi connectivity index (χ2n) is 4.42. The van der Waals surface area contributed by atoms with Crippen LogP contribution in [0, 0.1) is 0 Å². The molecule has 100 valence electrons. The van der Waals surface area contributed by atoms with E-state index in [1.807, 2.05) is 5.38 Å². The number of nitrogens with two attached hydrogens (primary N) is 1. The average Bonchev–Trinajstić information content (AvgIpc) is 2.81. The second-order valence-corrected chi connectivity index (χ2v) is 6.14. The summed E-state index contributed by atoms with van der Waals surface area (Å²) in [7, 11) is 0.